The molecule has 0 radical (unpaired) electrons. The first kappa shape index (κ1) is 29.0. The van der Waals surface area contributed by atoms with Crippen LogP contribution in [0, 0.1) is 0 Å². The summed E-state index contributed by atoms with van der Waals surface area (Å²) >= 11 is 0. The lowest BCUT2D eigenvalue weighted by molar-refractivity contribution is -0.137. The van der Waals surface area contributed by atoms with E-state index in [1.54, 1.807) is 13.1 Å². The molecule has 32 heavy (non-hydrogen) atoms. The highest BCUT2D eigenvalue weighted by Crippen LogP contribution is 2.31. The number of halogens is 4. The number of piperazine rings is 1. The average molecular weight is 569 g/mol. The van der Waals surface area contributed by atoms with E-state index in [0.29, 0.717) is 12.1 Å². The van der Waals surface area contributed by atoms with Gasteiger partial charge in [0.25, 0.3) is 0 Å². The van der Waals surface area contributed by atoms with Crippen molar-refractivity contribution in [1.29, 1.82) is 0 Å². The van der Waals surface area contributed by atoms with Crippen molar-refractivity contribution in [3.8, 4) is 0 Å². The van der Waals surface area contributed by atoms with Gasteiger partial charge in [-0.25, -0.2) is 0 Å². The van der Waals surface area contributed by atoms with E-state index in [1.165, 1.54) is 25.2 Å². The number of hydrogen-bond donors (Lipinski definition) is 2. The fourth-order valence-corrected chi connectivity index (χ4v) is 3.81. The minimum Gasteiger partial charge on any atom is -0.356 e. The van der Waals surface area contributed by atoms with Gasteiger partial charge in [0, 0.05) is 46.3 Å². The van der Waals surface area contributed by atoms with E-state index in [2.05, 4.69) is 32.3 Å². The molecule has 1 aliphatic heterocycles. The molecule has 1 aliphatic rings. The Hall–Kier alpha value is -1.07. The zero-order valence-corrected chi connectivity index (χ0v) is 21.9. The van der Waals surface area contributed by atoms with Gasteiger partial charge in [0.15, 0.2) is 5.96 Å². The highest BCUT2D eigenvalue weighted by Gasteiger charge is 2.30. The SMILES string of the molecule is CCN1CCN(CCCCNC(=NC)NCCC(C)c2cccc(C(F)(F)F)c2)CC1.I. The normalized spacial score (nSPS) is 17.0. The van der Waals surface area contributed by atoms with E-state index in [1.807, 2.05) is 6.92 Å². The Morgan fingerprint density at radius 2 is 1.72 bits per heavy atom. The minimum atomic E-state index is -4.30. The van der Waals surface area contributed by atoms with Crippen molar-refractivity contribution in [3.63, 3.8) is 0 Å². The molecule has 5 nitrogen and oxygen atoms in total. The number of unbranched alkanes of at least 4 members (excludes halogenated alkanes) is 1. The van der Waals surface area contributed by atoms with Crippen molar-refractivity contribution in [2.24, 2.45) is 4.99 Å². The van der Waals surface area contributed by atoms with Gasteiger partial charge in [-0.2, -0.15) is 13.2 Å². The summed E-state index contributed by atoms with van der Waals surface area (Å²) in [4.78, 5) is 9.26. The number of nitrogens with zero attached hydrogens (tertiary/aromatic N) is 3. The Morgan fingerprint density at radius 3 is 2.34 bits per heavy atom. The number of likely N-dealkylation sites (N-methyl/N-ethyl adjacent to an activating group) is 1. The van der Waals surface area contributed by atoms with Gasteiger partial charge in [-0.3, -0.25) is 4.99 Å². The Bertz CT molecular complexity index is 676. The lowest BCUT2D eigenvalue weighted by Gasteiger charge is -2.34. The number of benzene rings is 1. The van der Waals surface area contributed by atoms with E-state index in [0.717, 1.165) is 64.0 Å². The molecular weight excluding hydrogens is 530 g/mol. The largest absolute Gasteiger partial charge is 0.416 e. The van der Waals surface area contributed by atoms with E-state index >= 15 is 0 Å². The number of alkyl halides is 3. The lowest BCUT2D eigenvalue weighted by Crippen LogP contribution is -2.46. The molecule has 2 N–H and O–H groups in total. The zero-order chi connectivity index (χ0) is 22.7. The van der Waals surface area contributed by atoms with Crippen LogP contribution in [0.3, 0.4) is 0 Å². The van der Waals surface area contributed by atoms with Crippen molar-refractivity contribution in [2.45, 2.75) is 45.2 Å². The number of aliphatic imine (C=N–C) groups is 1. The maximum Gasteiger partial charge on any atom is 0.416 e. The van der Waals surface area contributed by atoms with Crippen molar-refractivity contribution in [1.82, 2.24) is 20.4 Å². The van der Waals surface area contributed by atoms with Gasteiger partial charge in [-0.05, 0) is 49.9 Å². The molecule has 1 heterocycles. The predicted molar refractivity (Wildman–Crippen MR) is 137 cm³/mol. The molecule has 0 aromatic heterocycles. The second-order valence-corrected chi connectivity index (χ2v) is 8.22. The maximum absolute atomic E-state index is 12.9. The lowest BCUT2D eigenvalue weighted by atomic mass is 9.96. The summed E-state index contributed by atoms with van der Waals surface area (Å²) in [6.45, 7) is 12.6. The molecule has 0 aliphatic carbocycles. The molecule has 1 fully saturated rings. The Kier molecular flexibility index (Phi) is 13.5. The van der Waals surface area contributed by atoms with Crippen LogP contribution < -0.4 is 10.6 Å². The van der Waals surface area contributed by atoms with Crippen LogP contribution in [0.1, 0.15) is 50.2 Å². The third-order valence-electron chi connectivity index (χ3n) is 5.98. The average Bonchev–Trinajstić information content (AvgIpc) is 2.77. The molecular formula is C23H39F3IN5. The summed E-state index contributed by atoms with van der Waals surface area (Å²) in [5, 5.41) is 6.60. The fourth-order valence-electron chi connectivity index (χ4n) is 3.81. The number of rotatable bonds is 10. The van der Waals surface area contributed by atoms with Crippen LogP contribution in [0.2, 0.25) is 0 Å². The molecule has 9 heteroatoms. The quantitative estimate of drug-likeness (QED) is 0.190. The summed E-state index contributed by atoms with van der Waals surface area (Å²) < 4.78 is 38.7. The summed E-state index contributed by atoms with van der Waals surface area (Å²) in [5.74, 6) is 0.772. The molecule has 0 amide bonds. The summed E-state index contributed by atoms with van der Waals surface area (Å²) in [5.41, 5.74) is 0.119. The summed E-state index contributed by atoms with van der Waals surface area (Å²) in [6, 6.07) is 5.60. The molecule has 0 saturated carbocycles. The molecule has 0 bridgehead atoms. The molecule has 184 valence electrons. The van der Waals surface area contributed by atoms with Crippen molar-refractivity contribution < 1.29 is 13.2 Å². The molecule has 2 rings (SSSR count). The van der Waals surface area contributed by atoms with Crippen LogP contribution >= 0.6 is 24.0 Å². The van der Waals surface area contributed by atoms with Gasteiger partial charge in [-0.1, -0.05) is 32.0 Å². The van der Waals surface area contributed by atoms with Crippen LogP contribution in [0.15, 0.2) is 29.3 Å². The van der Waals surface area contributed by atoms with Gasteiger partial charge >= 0.3 is 6.18 Å². The molecule has 1 aromatic carbocycles. The Labute approximate surface area is 208 Å². The second kappa shape index (κ2) is 15.0. The summed E-state index contributed by atoms with van der Waals surface area (Å²) in [6.07, 6.45) is -1.34. The second-order valence-electron chi connectivity index (χ2n) is 8.22. The van der Waals surface area contributed by atoms with Gasteiger partial charge in [0.2, 0.25) is 0 Å². The zero-order valence-electron chi connectivity index (χ0n) is 19.5. The Morgan fingerprint density at radius 1 is 1.06 bits per heavy atom. The van der Waals surface area contributed by atoms with Gasteiger partial charge in [0.1, 0.15) is 0 Å². The molecule has 1 aromatic rings. The van der Waals surface area contributed by atoms with Crippen LogP contribution in [-0.4, -0.2) is 75.2 Å². The number of hydrogen-bond acceptors (Lipinski definition) is 3. The number of nitrogens with one attached hydrogen (secondary N) is 2. The highest BCUT2D eigenvalue weighted by atomic mass is 127. The van der Waals surface area contributed by atoms with Crippen LogP contribution in [0.25, 0.3) is 0 Å². The third-order valence-corrected chi connectivity index (χ3v) is 5.98. The molecule has 0 spiro atoms. The van der Waals surface area contributed by atoms with Gasteiger partial charge in [-0.15, -0.1) is 24.0 Å². The van der Waals surface area contributed by atoms with Gasteiger partial charge in [0.05, 0.1) is 5.56 Å². The van der Waals surface area contributed by atoms with Crippen molar-refractivity contribution in [3.05, 3.63) is 35.4 Å². The van der Waals surface area contributed by atoms with E-state index in [-0.39, 0.29) is 29.9 Å². The molecule has 1 atom stereocenters. The van der Waals surface area contributed by atoms with Crippen LogP contribution in [0.4, 0.5) is 13.2 Å². The first-order valence-electron chi connectivity index (χ1n) is 11.4. The van der Waals surface area contributed by atoms with Crippen molar-refractivity contribution in [2.75, 3.05) is 59.4 Å². The smallest absolute Gasteiger partial charge is 0.356 e. The highest BCUT2D eigenvalue weighted by molar-refractivity contribution is 14.0. The van der Waals surface area contributed by atoms with E-state index < -0.39 is 11.7 Å². The monoisotopic (exact) mass is 569 g/mol. The third kappa shape index (κ3) is 10.2. The molecule has 1 unspecified atom stereocenters. The van der Waals surface area contributed by atoms with Crippen LogP contribution in [-0.2, 0) is 6.18 Å². The fraction of sp³-hybridized carbons (Fsp3) is 0.696. The van der Waals surface area contributed by atoms with Gasteiger partial charge < -0.3 is 20.4 Å². The summed E-state index contributed by atoms with van der Waals surface area (Å²) in [7, 11) is 1.73. The standard InChI is InChI=1S/C23H38F3N5.HI/c1-4-30-14-16-31(17-15-30)13-6-5-11-28-22(27-3)29-12-10-19(2)20-8-7-9-21(18-20)23(24,25)26;/h7-9,18-19H,4-6,10-17H2,1-3H3,(H2,27,28,29);1H. The predicted octanol–water partition coefficient (Wildman–Crippen LogP) is 4.40. The Balaban J connectivity index is 0.00000512. The van der Waals surface area contributed by atoms with E-state index in [9.17, 15) is 13.2 Å². The topological polar surface area (TPSA) is 42.9 Å². The minimum absolute atomic E-state index is 0. The van der Waals surface area contributed by atoms with Crippen molar-refractivity contribution >= 4 is 29.9 Å². The van der Waals surface area contributed by atoms with E-state index in [4.69, 9.17) is 0 Å². The van der Waals surface area contributed by atoms with Crippen LogP contribution in [0.5, 0.6) is 0 Å². The first-order valence-corrected chi connectivity index (χ1v) is 11.4. The first-order chi connectivity index (χ1) is 14.8. The molecule has 1 saturated heterocycles. The number of guanidine groups is 1. The maximum atomic E-state index is 12.9.